The molecule has 6 aromatic rings. The van der Waals surface area contributed by atoms with Crippen LogP contribution < -0.4 is 29.6 Å². The predicted molar refractivity (Wildman–Crippen MR) is 249 cm³/mol. The molecule has 2 aromatic heterocycles. The first-order chi connectivity index (χ1) is 32.0. The number of aliphatic hydroxyl groups is 4. The monoisotopic (exact) mass is 932 g/mol. The molecule has 16 heteroatoms. The number of hydrogen-bond donors (Lipinski definition) is 6. The fraction of sp³-hybridized carbons (Fsp3) is 0.280. The number of halogens is 2. The SMILES string of the molecule is Cc1c(COc2cc(OCc3cncc(C#N)c3)c(CNCC(O)CO)cc2Cl)cccc1-c1cccc(COc2cc(OCc3cncc(C#N)c3)c(CNCC(O)CO)cc2Cl)c1C. The highest BCUT2D eigenvalue weighted by Crippen LogP contribution is 2.37. The summed E-state index contributed by atoms with van der Waals surface area (Å²) in [5.74, 6) is 1.76. The Morgan fingerprint density at radius 1 is 0.561 bits per heavy atom. The number of rotatable bonds is 23. The molecule has 0 spiro atoms. The number of nitrogens with one attached hydrogen (secondary N) is 2. The van der Waals surface area contributed by atoms with Crippen molar-refractivity contribution < 1.29 is 39.4 Å². The number of ether oxygens (including phenoxy) is 4. The lowest BCUT2D eigenvalue weighted by molar-refractivity contribution is 0.0941. The van der Waals surface area contributed by atoms with Gasteiger partial charge in [0, 0.05) is 85.4 Å². The summed E-state index contributed by atoms with van der Waals surface area (Å²) < 4.78 is 25.1. The molecule has 2 atom stereocenters. The van der Waals surface area contributed by atoms with Gasteiger partial charge >= 0.3 is 0 Å². The summed E-state index contributed by atoms with van der Waals surface area (Å²) in [6.45, 7) is 4.88. The third-order valence-electron chi connectivity index (χ3n) is 10.6. The van der Waals surface area contributed by atoms with Crippen molar-refractivity contribution in [2.75, 3.05) is 26.3 Å². The summed E-state index contributed by atoms with van der Waals surface area (Å²) in [6, 6.07) is 26.6. The van der Waals surface area contributed by atoms with E-state index in [9.17, 15) is 30.9 Å². The molecule has 0 amide bonds. The molecule has 0 bridgehead atoms. The van der Waals surface area contributed by atoms with Crippen LogP contribution in [0.25, 0.3) is 11.1 Å². The molecule has 2 unspecified atom stereocenters. The first-order valence-corrected chi connectivity index (χ1v) is 21.8. The van der Waals surface area contributed by atoms with Gasteiger partial charge in [-0.3, -0.25) is 9.97 Å². The van der Waals surface area contributed by atoms with Crippen LogP contribution in [-0.4, -0.2) is 68.9 Å². The van der Waals surface area contributed by atoms with E-state index in [1.54, 1.807) is 48.8 Å². The Bertz CT molecular complexity index is 2510. The van der Waals surface area contributed by atoms with Crippen molar-refractivity contribution in [3.05, 3.63) is 163 Å². The molecule has 66 heavy (non-hydrogen) atoms. The van der Waals surface area contributed by atoms with Crippen LogP contribution in [0.15, 0.2) is 97.6 Å². The number of pyridine rings is 2. The molecule has 6 N–H and O–H groups in total. The third kappa shape index (κ3) is 13.4. The first kappa shape index (κ1) is 49.1. The zero-order chi connectivity index (χ0) is 47.0. The molecule has 6 rings (SSSR count). The van der Waals surface area contributed by atoms with Crippen LogP contribution in [0.3, 0.4) is 0 Å². The van der Waals surface area contributed by atoms with Crippen molar-refractivity contribution in [3.8, 4) is 46.3 Å². The Balaban J connectivity index is 1.18. The van der Waals surface area contributed by atoms with E-state index in [2.05, 4.69) is 44.9 Å². The summed E-state index contributed by atoms with van der Waals surface area (Å²) in [5, 5.41) is 63.8. The Hall–Kier alpha value is -6.30. The summed E-state index contributed by atoms with van der Waals surface area (Å²) >= 11 is 13.6. The number of aliphatic hydroxyl groups excluding tert-OH is 4. The molecule has 0 saturated heterocycles. The number of aromatic nitrogens is 2. The minimum Gasteiger partial charge on any atom is -0.488 e. The smallest absolute Gasteiger partial charge is 0.142 e. The molecular formula is C50H50Cl2N6O8. The van der Waals surface area contributed by atoms with Gasteiger partial charge in [-0.15, -0.1) is 0 Å². The molecule has 14 nitrogen and oxygen atoms in total. The van der Waals surface area contributed by atoms with Crippen LogP contribution in [-0.2, 0) is 39.5 Å². The van der Waals surface area contributed by atoms with Crippen molar-refractivity contribution in [1.82, 2.24) is 20.6 Å². The molecule has 0 aliphatic heterocycles. The van der Waals surface area contributed by atoms with Gasteiger partial charge in [0.2, 0.25) is 0 Å². The molecular weight excluding hydrogens is 883 g/mol. The zero-order valence-electron chi connectivity index (χ0n) is 36.4. The van der Waals surface area contributed by atoms with Gasteiger partial charge in [-0.1, -0.05) is 59.6 Å². The third-order valence-corrected chi connectivity index (χ3v) is 11.2. The van der Waals surface area contributed by atoms with E-state index in [1.165, 1.54) is 12.4 Å². The normalized spacial score (nSPS) is 11.9. The van der Waals surface area contributed by atoms with E-state index in [4.69, 9.17) is 42.1 Å². The van der Waals surface area contributed by atoms with Crippen LogP contribution in [0.1, 0.15) is 55.6 Å². The average Bonchev–Trinajstić information content (AvgIpc) is 3.33. The second kappa shape index (κ2) is 24.3. The highest BCUT2D eigenvalue weighted by molar-refractivity contribution is 6.32. The molecule has 0 aliphatic rings. The van der Waals surface area contributed by atoms with E-state index >= 15 is 0 Å². The Morgan fingerprint density at radius 2 is 0.970 bits per heavy atom. The fourth-order valence-corrected chi connectivity index (χ4v) is 7.43. The lowest BCUT2D eigenvalue weighted by Gasteiger charge is -2.19. The number of nitriles is 2. The number of benzene rings is 4. The standard InChI is InChI=1S/C50H50Cl2N6O8/c1-31-37(29-65-49-13-47(63-27-35-9-33(15-53)17-55-19-35)39(11-45(49)51)21-57-23-41(61)25-59)5-3-7-43(31)44-8-4-6-38(32(44)2)30-66-50-14-48(64-28-36-10-34(16-54)18-56-20-36)40(12-46(50)52)22-58-24-42(62)26-60/h3-14,17-20,41-42,57-62H,21-30H2,1-2H3. The topological polar surface area (TPSA) is 215 Å². The molecule has 0 radical (unpaired) electrons. The van der Waals surface area contributed by atoms with E-state index in [1.807, 2.05) is 38.1 Å². The minimum absolute atomic E-state index is 0.130. The van der Waals surface area contributed by atoms with Gasteiger partial charge in [0.1, 0.15) is 61.6 Å². The van der Waals surface area contributed by atoms with E-state index in [0.29, 0.717) is 66.4 Å². The Kier molecular flexibility index (Phi) is 18.1. The Labute approximate surface area is 393 Å². The second-order valence-electron chi connectivity index (χ2n) is 15.4. The summed E-state index contributed by atoms with van der Waals surface area (Å²) in [7, 11) is 0. The van der Waals surface area contributed by atoms with Crippen LogP contribution >= 0.6 is 23.2 Å². The van der Waals surface area contributed by atoms with Gasteiger partial charge in [0.05, 0.1) is 46.6 Å². The largest absolute Gasteiger partial charge is 0.488 e. The van der Waals surface area contributed by atoms with Crippen molar-refractivity contribution >= 4 is 23.2 Å². The summed E-state index contributed by atoms with van der Waals surface area (Å²) in [4.78, 5) is 8.25. The number of hydrogen-bond acceptors (Lipinski definition) is 14. The first-order valence-electron chi connectivity index (χ1n) is 21.0. The van der Waals surface area contributed by atoms with Gasteiger partial charge in [-0.05, 0) is 71.5 Å². The molecule has 4 aromatic carbocycles. The lowest BCUT2D eigenvalue weighted by Crippen LogP contribution is -2.29. The van der Waals surface area contributed by atoms with Crippen LogP contribution in [0, 0.1) is 36.5 Å². The molecule has 0 saturated carbocycles. The maximum absolute atomic E-state index is 9.85. The van der Waals surface area contributed by atoms with Gasteiger partial charge in [-0.2, -0.15) is 10.5 Å². The minimum atomic E-state index is -0.927. The van der Waals surface area contributed by atoms with Crippen molar-refractivity contribution in [3.63, 3.8) is 0 Å². The van der Waals surface area contributed by atoms with E-state index < -0.39 is 12.2 Å². The average molecular weight is 934 g/mol. The van der Waals surface area contributed by atoms with Gasteiger partial charge in [0.25, 0.3) is 0 Å². The van der Waals surface area contributed by atoms with Gasteiger partial charge < -0.3 is 50.0 Å². The van der Waals surface area contributed by atoms with Crippen molar-refractivity contribution in [1.29, 1.82) is 10.5 Å². The Morgan fingerprint density at radius 3 is 1.36 bits per heavy atom. The summed E-state index contributed by atoms with van der Waals surface area (Å²) in [5.41, 5.74) is 9.55. The van der Waals surface area contributed by atoms with Crippen molar-refractivity contribution in [2.24, 2.45) is 0 Å². The second-order valence-corrected chi connectivity index (χ2v) is 16.3. The summed E-state index contributed by atoms with van der Waals surface area (Å²) in [6.07, 6.45) is 4.35. The van der Waals surface area contributed by atoms with Crippen LogP contribution in [0.2, 0.25) is 10.0 Å². The maximum atomic E-state index is 9.85. The number of nitrogens with zero attached hydrogens (tertiary/aromatic N) is 4. The van der Waals surface area contributed by atoms with E-state index in [-0.39, 0.29) is 65.8 Å². The van der Waals surface area contributed by atoms with Crippen LogP contribution in [0.5, 0.6) is 23.0 Å². The highest BCUT2D eigenvalue weighted by Gasteiger charge is 2.18. The highest BCUT2D eigenvalue weighted by atomic mass is 35.5. The maximum Gasteiger partial charge on any atom is 0.142 e. The molecule has 0 fully saturated rings. The molecule has 0 aliphatic carbocycles. The quantitative estimate of drug-likeness (QED) is 0.0381. The van der Waals surface area contributed by atoms with Gasteiger partial charge in [0.15, 0.2) is 0 Å². The van der Waals surface area contributed by atoms with Gasteiger partial charge in [-0.25, -0.2) is 0 Å². The predicted octanol–water partition coefficient (Wildman–Crippen LogP) is 7.01. The molecule has 342 valence electrons. The van der Waals surface area contributed by atoms with Crippen molar-refractivity contribution in [2.45, 2.75) is 65.6 Å². The van der Waals surface area contributed by atoms with E-state index in [0.717, 1.165) is 33.4 Å². The molecule has 2 heterocycles. The fourth-order valence-electron chi connectivity index (χ4n) is 6.95. The zero-order valence-corrected chi connectivity index (χ0v) is 37.9. The van der Waals surface area contributed by atoms with Crippen LogP contribution in [0.4, 0.5) is 0 Å². The lowest BCUT2D eigenvalue weighted by atomic mass is 9.92.